The van der Waals surface area contributed by atoms with Crippen LogP contribution in [0.1, 0.15) is 61.7 Å². The summed E-state index contributed by atoms with van der Waals surface area (Å²) in [6.07, 6.45) is -2.39. The van der Waals surface area contributed by atoms with Gasteiger partial charge in [-0.05, 0) is 45.6 Å². The molecule has 2 atom stereocenters. The molecule has 1 amide bonds. The number of alkyl halides is 3. The van der Waals surface area contributed by atoms with Gasteiger partial charge in [-0.1, -0.05) is 0 Å². The number of aromatic nitrogens is 3. The van der Waals surface area contributed by atoms with Gasteiger partial charge in [0, 0.05) is 17.7 Å². The molecule has 1 aliphatic carbocycles. The third-order valence-corrected chi connectivity index (χ3v) is 6.16. The zero-order valence-electron chi connectivity index (χ0n) is 16.5. The fraction of sp³-hybridized carbons (Fsp3) is 0.650. The van der Waals surface area contributed by atoms with Crippen LogP contribution in [0.5, 0.6) is 0 Å². The number of carbonyl (C=O) groups excluding carboxylic acids is 1. The first-order valence-electron chi connectivity index (χ1n) is 10.0. The van der Waals surface area contributed by atoms with Crippen molar-refractivity contribution in [3.05, 3.63) is 29.2 Å². The van der Waals surface area contributed by atoms with Gasteiger partial charge in [0.2, 0.25) is 6.41 Å². The summed E-state index contributed by atoms with van der Waals surface area (Å²) in [7, 11) is 0. The van der Waals surface area contributed by atoms with E-state index in [2.05, 4.69) is 4.98 Å². The normalized spacial score (nSPS) is 28.7. The quantitative estimate of drug-likeness (QED) is 0.723. The van der Waals surface area contributed by atoms with E-state index >= 15 is 0 Å². The van der Waals surface area contributed by atoms with Crippen LogP contribution >= 0.6 is 0 Å². The Morgan fingerprint density at radius 3 is 2.59 bits per heavy atom. The predicted molar refractivity (Wildman–Crippen MR) is 99.4 cm³/mol. The number of ether oxygens (including phenoxy) is 1. The first kappa shape index (κ1) is 20.1. The maximum absolute atomic E-state index is 13.0. The van der Waals surface area contributed by atoms with Crippen molar-refractivity contribution in [3.8, 4) is 0 Å². The summed E-state index contributed by atoms with van der Waals surface area (Å²) < 4.78 is 46.6. The maximum atomic E-state index is 13.0. The predicted octanol–water partition coefficient (Wildman–Crippen LogP) is 3.79. The van der Waals surface area contributed by atoms with Crippen molar-refractivity contribution in [1.29, 1.82) is 0 Å². The molecule has 2 aromatic rings. The molecule has 2 fully saturated rings. The van der Waals surface area contributed by atoms with E-state index in [1.54, 1.807) is 9.42 Å². The minimum Gasteiger partial charge on any atom is -0.368 e. The van der Waals surface area contributed by atoms with Gasteiger partial charge in [0.15, 0.2) is 5.65 Å². The second-order valence-electron chi connectivity index (χ2n) is 8.22. The van der Waals surface area contributed by atoms with Crippen LogP contribution in [0.2, 0.25) is 0 Å². The van der Waals surface area contributed by atoms with Crippen LogP contribution in [0.3, 0.4) is 0 Å². The van der Waals surface area contributed by atoms with Crippen molar-refractivity contribution >= 4 is 12.1 Å². The number of aryl methyl sites for hydroxylation is 1. The van der Waals surface area contributed by atoms with Gasteiger partial charge in [-0.25, -0.2) is 9.50 Å². The molecule has 2 aliphatic rings. The van der Waals surface area contributed by atoms with E-state index in [0.717, 1.165) is 23.5 Å². The lowest BCUT2D eigenvalue weighted by atomic mass is 9.80. The third kappa shape index (κ3) is 3.97. The average molecular weight is 410 g/mol. The molecular weight excluding hydrogens is 385 g/mol. The van der Waals surface area contributed by atoms with E-state index in [9.17, 15) is 18.0 Å². The van der Waals surface area contributed by atoms with E-state index in [0.29, 0.717) is 31.6 Å². The van der Waals surface area contributed by atoms with Crippen LogP contribution < -0.4 is 0 Å². The van der Waals surface area contributed by atoms with E-state index in [1.165, 1.54) is 0 Å². The number of rotatable bonds is 3. The fourth-order valence-corrected chi connectivity index (χ4v) is 4.39. The number of nitrogens with zero attached hydrogens (tertiary/aromatic N) is 4. The Hall–Kier alpha value is -2.16. The van der Waals surface area contributed by atoms with Crippen molar-refractivity contribution in [1.82, 2.24) is 19.5 Å². The van der Waals surface area contributed by atoms with Crippen molar-refractivity contribution in [2.45, 2.75) is 63.8 Å². The van der Waals surface area contributed by atoms with Crippen LogP contribution in [-0.2, 0) is 9.53 Å². The van der Waals surface area contributed by atoms with Gasteiger partial charge in [0.1, 0.15) is 6.10 Å². The van der Waals surface area contributed by atoms with Crippen molar-refractivity contribution in [2.24, 2.45) is 5.92 Å². The van der Waals surface area contributed by atoms with Gasteiger partial charge in [-0.2, -0.15) is 18.3 Å². The molecule has 29 heavy (non-hydrogen) atoms. The van der Waals surface area contributed by atoms with E-state index in [1.807, 2.05) is 26.0 Å². The molecule has 1 saturated carbocycles. The molecule has 158 valence electrons. The van der Waals surface area contributed by atoms with Gasteiger partial charge in [0.05, 0.1) is 36.5 Å². The van der Waals surface area contributed by atoms with Crippen LogP contribution in [0.15, 0.2) is 12.1 Å². The van der Waals surface area contributed by atoms with Gasteiger partial charge in [0.25, 0.3) is 0 Å². The van der Waals surface area contributed by atoms with Crippen molar-refractivity contribution in [2.75, 3.05) is 13.2 Å². The topological polar surface area (TPSA) is 59.7 Å². The summed E-state index contributed by atoms with van der Waals surface area (Å²) in [6, 6.07) is 3.78. The number of hydrogen-bond donors (Lipinski definition) is 0. The summed E-state index contributed by atoms with van der Waals surface area (Å²) in [5.74, 6) is -1.21. The minimum absolute atomic E-state index is 0.00206. The second kappa shape index (κ2) is 7.59. The molecule has 3 heterocycles. The molecule has 1 saturated heterocycles. The molecule has 1 aliphatic heterocycles. The van der Waals surface area contributed by atoms with Gasteiger partial charge < -0.3 is 9.64 Å². The highest BCUT2D eigenvalue weighted by Gasteiger charge is 2.42. The Morgan fingerprint density at radius 2 is 1.93 bits per heavy atom. The summed E-state index contributed by atoms with van der Waals surface area (Å²) in [5, 5.41) is 4.70. The van der Waals surface area contributed by atoms with E-state index in [4.69, 9.17) is 9.84 Å². The third-order valence-electron chi connectivity index (χ3n) is 6.16. The molecule has 0 aromatic carbocycles. The second-order valence-corrected chi connectivity index (χ2v) is 8.22. The zero-order valence-corrected chi connectivity index (χ0v) is 16.5. The van der Waals surface area contributed by atoms with Gasteiger partial charge >= 0.3 is 6.18 Å². The molecule has 0 radical (unpaired) electrons. The summed E-state index contributed by atoms with van der Waals surface area (Å²) in [5.41, 5.74) is 3.05. The Labute approximate surface area is 167 Å². The molecule has 0 spiro atoms. The monoisotopic (exact) mass is 410 g/mol. The van der Waals surface area contributed by atoms with Crippen LogP contribution in [0.25, 0.3) is 5.65 Å². The van der Waals surface area contributed by atoms with Crippen LogP contribution in [-0.4, -0.2) is 51.3 Å². The smallest absolute Gasteiger partial charge is 0.368 e. The van der Waals surface area contributed by atoms with Crippen molar-refractivity contribution in [3.63, 3.8) is 0 Å². The molecule has 0 N–H and O–H groups in total. The Kier molecular flexibility index (Phi) is 5.27. The average Bonchev–Trinajstić information content (AvgIpc) is 3.11. The minimum atomic E-state index is -4.12. The SMILES string of the molecule is Cc1cc([C@H]2CN(C=O)[C@H](C)CO2)n2nc(C3CCC(C(F)(F)F)CC3)cc2n1. The number of hydrogen-bond acceptors (Lipinski definition) is 4. The largest absolute Gasteiger partial charge is 0.391 e. The number of halogens is 3. The first-order valence-corrected chi connectivity index (χ1v) is 10.0. The molecule has 0 unspecified atom stereocenters. The summed E-state index contributed by atoms with van der Waals surface area (Å²) in [6.45, 7) is 4.67. The molecule has 9 heteroatoms. The number of morpholine rings is 1. The first-order chi connectivity index (χ1) is 13.8. The Balaban J connectivity index is 1.60. The molecular formula is C20H25F3N4O2. The zero-order chi connectivity index (χ0) is 20.8. The van der Waals surface area contributed by atoms with Crippen LogP contribution in [0.4, 0.5) is 13.2 Å². The van der Waals surface area contributed by atoms with Crippen molar-refractivity contribution < 1.29 is 22.7 Å². The lowest BCUT2D eigenvalue weighted by molar-refractivity contribution is -0.182. The molecule has 6 nitrogen and oxygen atoms in total. The lowest BCUT2D eigenvalue weighted by Crippen LogP contribution is -2.44. The lowest BCUT2D eigenvalue weighted by Gasteiger charge is -2.35. The Bertz CT molecular complexity index is 890. The highest BCUT2D eigenvalue weighted by molar-refractivity contribution is 5.48. The molecule has 0 bridgehead atoms. The maximum Gasteiger partial charge on any atom is 0.391 e. The number of fused-ring (bicyclic) bond motifs is 1. The standard InChI is InChI=1S/C20H25F3N4O2/c1-12-7-17(18-9-26(11-28)13(2)10-29-18)27-19(24-12)8-16(25-27)14-3-5-15(6-4-14)20(21,22)23/h7-8,11,13-15,18H,3-6,9-10H2,1-2H3/t13-,14?,15?,18-/m1/s1. The highest BCUT2D eigenvalue weighted by atomic mass is 19.4. The van der Waals surface area contributed by atoms with Gasteiger partial charge in [-0.3, -0.25) is 4.79 Å². The van der Waals surface area contributed by atoms with E-state index < -0.39 is 12.1 Å². The van der Waals surface area contributed by atoms with Crippen LogP contribution in [0, 0.1) is 12.8 Å². The highest BCUT2D eigenvalue weighted by Crippen LogP contribution is 2.42. The summed E-state index contributed by atoms with van der Waals surface area (Å²) in [4.78, 5) is 17.6. The molecule has 4 rings (SSSR count). The fourth-order valence-electron chi connectivity index (χ4n) is 4.39. The number of carbonyl (C=O) groups is 1. The summed E-state index contributed by atoms with van der Waals surface area (Å²) >= 11 is 0. The molecule has 2 aromatic heterocycles. The number of amides is 1. The van der Waals surface area contributed by atoms with E-state index in [-0.39, 0.29) is 30.9 Å². The Morgan fingerprint density at radius 1 is 1.21 bits per heavy atom. The van der Waals surface area contributed by atoms with Gasteiger partial charge in [-0.15, -0.1) is 0 Å².